The predicted octanol–water partition coefficient (Wildman–Crippen LogP) is 2.18. The zero-order valence-electron chi connectivity index (χ0n) is 17.0. The van der Waals surface area contributed by atoms with E-state index in [2.05, 4.69) is 5.32 Å². The lowest BCUT2D eigenvalue weighted by Crippen LogP contribution is -2.40. The molecule has 0 aliphatic carbocycles. The molecule has 0 aliphatic heterocycles. The molecule has 29 heavy (non-hydrogen) atoms. The summed E-state index contributed by atoms with van der Waals surface area (Å²) >= 11 is 0. The fraction of sp³-hybridized carbons (Fsp3) is 0.350. The van der Waals surface area contributed by atoms with Crippen LogP contribution in [0.3, 0.4) is 0 Å². The van der Waals surface area contributed by atoms with Crippen LogP contribution in [0.1, 0.15) is 12.5 Å². The van der Waals surface area contributed by atoms with Gasteiger partial charge in [-0.1, -0.05) is 12.1 Å². The Morgan fingerprint density at radius 3 is 2.24 bits per heavy atom. The van der Waals surface area contributed by atoms with Gasteiger partial charge in [0.1, 0.15) is 23.8 Å². The van der Waals surface area contributed by atoms with Gasteiger partial charge in [0.05, 0.1) is 32.8 Å². The first-order chi connectivity index (χ1) is 13.8. The molecular weight excluding hydrogens is 396 g/mol. The number of methoxy groups -OCH3 is 2. The maximum atomic E-state index is 12.4. The van der Waals surface area contributed by atoms with E-state index in [1.54, 1.807) is 18.2 Å². The Morgan fingerprint density at radius 2 is 1.69 bits per heavy atom. The third-order valence-corrected chi connectivity index (χ3v) is 5.19. The van der Waals surface area contributed by atoms with Gasteiger partial charge in [-0.3, -0.25) is 9.10 Å². The molecule has 0 radical (unpaired) electrons. The number of anilines is 1. The van der Waals surface area contributed by atoms with Gasteiger partial charge < -0.3 is 19.5 Å². The number of benzene rings is 2. The second-order valence-electron chi connectivity index (χ2n) is 6.16. The molecule has 9 heteroatoms. The average Bonchev–Trinajstić information content (AvgIpc) is 2.70. The molecule has 0 atom stereocenters. The number of nitrogens with one attached hydrogen (secondary N) is 1. The summed E-state index contributed by atoms with van der Waals surface area (Å²) in [4.78, 5) is 12.4. The van der Waals surface area contributed by atoms with Crippen molar-refractivity contribution in [3.8, 4) is 17.2 Å². The Hall–Kier alpha value is -2.94. The van der Waals surface area contributed by atoms with E-state index in [0.717, 1.165) is 21.9 Å². The quantitative estimate of drug-likeness (QED) is 0.631. The van der Waals surface area contributed by atoms with Crippen molar-refractivity contribution in [1.29, 1.82) is 0 Å². The van der Waals surface area contributed by atoms with E-state index in [9.17, 15) is 13.2 Å². The molecule has 158 valence electrons. The van der Waals surface area contributed by atoms with Crippen LogP contribution in [0.5, 0.6) is 17.2 Å². The van der Waals surface area contributed by atoms with Crippen LogP contribution in [0, 0.1) is 0 Å². The summed E-state index contributed by atoms with van der Waals surface area (Å²) in [5, 5.41) is 2.73. The summed E-state index contributed by atoms with van der Waals surface area (Å²) in [6.07, 6.45) is 1.04. The first-order valence-electron chi connectivity index (χ1n) is 8.96. The van der Waals surface area contributed by atoms with E-state index in [1.807, 2.05) is 31.2 Å². The maximum absolute atomic E-state index is 12.4. The molecule has 0 spiro atoms. The second kappa shape index (κ2) is 10.0. The molecule has 1 amide bonds. The molecule has 0 aliphatic rings. The van der Waals surface area contributed by atoms with E-state index in [1.165, 1.54) is 14.2 Å². The predicted molar refractivity (Wildman–Crippen MR) is 111 cm³/mol. The highest BCUT2D eigenvalue weighted by Crippen LogP contribution is 2.33. The number of ether oxygens (including phenoxy) is 3. The minimum Gasteiger partial charge on any atom is -0.497 e. The number of carbonyl (C=O) groups excluding carboxylic acids is 1. The normalized spacial score (nSPS) is 10.9. The minimum absolute atomic E-state index is 0.256. The molecular formula is C20H26N2O6S. The van der Waals surface area contributed by atoms with Gasteiger partial charge in [0.25, 0.3) is 0 Å². The van der Waals surface area contributed by atoms with E-state index < -0.39 is 15.9 Å². The highest BCUT2D eigenvalue weighted by molar-refractivity contribution is 7.92. The third-order valence-electron chi connectivity index (χ3n) is 4.07. The lowest BCUT2D eigenvalue weighted by molar-refractivity contribution is -0.119. The standard InChI is InChI=1S/C20H26N2O6S/c1-5-28-16-8-6-15(7-9-16)13-21-20(23)14-22(29(4,24)25)18-11-10-17(26-2)12-19(18)27-3/h6-12H,5,13-14H2,1-4H3,(H,21,23). The van der Waals surface area contributed by atoms with Gasteiger partial charge in [-0.2, -0.15) is 0 Å². The van der Waals surface area contributed by atoms with E-state index in [-0.39, 0.29) is 24.5 Å². The lowest BCUT2D eigenvalue weighted by Gasteiger charge is -2.24. The lowest BCUT2D eigenvalue weighted by atomic mass is 10.2. The Kier molecular flexibility index (Phi) is 7.72. The van der Waals surface area contributed by atoms with Gasteiger partial charge >= 0.3 is 0 Å². The molecule has 2 rings (SSSR count). The van der Waals surface area contributed by atoms with Crippen LogP contribution in [0.15, 0.2) is 42.5 Å². The van der Waals surface area contributed by atoms with Crippen molar-refractivity contribution in [2.75, 3.05) is 37.9 Å². The van der Waals surface area contributed by atoms with Gasteiger partial charge in [-0.05, 0) is 36.8 Å². The summed E-state index contributed by atoms with van der Waals surface area (Å²) in [6.45, 7) is 2.37. The second-order valence-corrected chi connectivity index (χ2v) is 8.07. The molecule has 0 unspecified atom stereocenters. The number of amides is 1. The Labute approximate surface area is 171 Å². The van der Waals surface area contributed by atoms with Crippen molar-refractivity contribution in [3.63, 3.8) is 0 Å². The van der Waals surface area contributed by atoms with Crippen LogP contribution in [0.4, 0.5) is 5.69 Å². The van der Waals surface area contributed by atoms with Gasteiger partial charge in [-0.15, -0.1) is 0 Å². The third kappa shape index (κ3) is 6.28. The summed E-state index contributed by atoms with van der Waals surface area (Å²) < 4.78 is 41.4. The van der Waals surface area contributed by atoms with E-state index in [0.29, 0.717) is 12.4 Å². The van der Waals surface area contributed by atoms with Gasteiger partial charge in [0, 0.05) is 12.6 Å². The molecule has 0 bridgehead atoms. The van der Waals surface area contributed by atoms with Crippen LogP contribution in [0.2, 0.25) is 0 Å². The number of rotatable bonds is 10. The van der Waals surface area contributed by atoms with Crippen LogP contribution in [-0.4, -0.2) is 48.0 Å². The maximum Gasteiger partial charge on any atom is 0.241 e. The number of carbonyl (C=O) groups is 1. The van der Waals surface area contributed by atoms with Crippen LogP contribution in [0.25, 0.3) is 0 Å². The SMILES string of the molecule is CCOc1ccc(CNC(=O)CN(c2ccc(OC)cc2OC)S(C)(=O)=O)cc1. The molecule has 1 N–H and O–H groups in total. The fourth-order valence-electron chi connectivity index (χ4n) is 2.63. The molecule has 0 fully saturated rings. The largest absolute Gasteiger partial charge is 0.497 e. The monoisotopic (exact) mass is 422 g/mol. The van der Waals surface area contributed by atoms with Crippen LogP contribution < -0.4 is 23.8 Å². The number of hydrogen-bond donors (Lipinski definition) is 1. The van der Waals surface area contributed by atoms with Gasteiger partial charge in [-0.25, -0.2) is 8.42 Å². The Balaban J connectivity index is 2.11. The van der Waals surface area contributed by atoms with Crippen molar-refractivity contribution < 1.29 is 27.4 Å². The zero-order valence-corrected chi connectivity index (χ0v) is 17.8. The van der Waals surface area contributed by atoms with Crippen LogP contribution >= 0.6 is 0 Å². The number of hydrogen-bond acceptors (Lipinski definition) is 6. The van der Waals surface area contributed by atoms with E-state index >= 15 is 0 Å². The highest BCUT2D eigenvalue weighted by atomic mass is 32.2. The van der Waals surface area contributed by atoms with Crippen molar-refractivity contribution in [2.45, 2.75) is 13.5 Å². The number of sulfonamides is 1. The first-order valence-corrected chi connectivity index (χ1v) is 10.8. The summed E-state index contributed by atoms with van der Waals surface area (Å²) in [5.74, 6) is 1.10. The summed E-state index contributed by atoms with van der Waals surface area (Å²) in [5.41, 5.74) is 1.13. The van der Waals surface area contributed by atoms with Crippen molar-refractivity contribution >= 4 is 21.6 Å². The topological polar surface area (TPSA) is 94.2 Å². The summed E-state index contributed by atoms with van der Waals surface area (Å²) in [6, 6.07) is 12.0. The van der Waals surface area contributed by atoms with Crippen molar-refractivity contribution in [1.82, 2.24) is 5.32 Å². The van der Waals surface area contributed by atoms with Gasteiger partial charge in [0.15, 0.2) is 0 Å². The molecule has 0 saturated carbocycles. The number of nitrogens with zero attached hydrogens (tertiary/aromatic N) is 1. The smallest absolute Gasteiger partial charge is 0.241 e. The fourth-order valence-corrected chi connectivity index (χ4v) is 3.49. The highest BCUT2D eigenvalue weighted by Gasteiger charge is 2.24. The molecule has 2 aromatic carbocycles. The minimum atomic E-state index is -3.72. The Morgan fingerprint density at radius 1 is 1.03 bits per heavy atom. The molecule has 0 saturated heterocycles. The molecule has 2 aromatic rings. The van der Waals surface area contributed by atoms with Crippen molar-refractivity contribution in [2.24, 2.45) is 0 Å². The zero-order chi connectivity index (χ0) is 21.4. The van der Waals surface area contributed by atoms with Crippen molar-refractivity contribution in [3.05, 3.63) is 48.0 Å². The van der Waals surface area contributed by atoms with E-state index in [4.69, 9.17) is 14.2 Å². The Bertz CT molecular complexity index is 928. The summed E-state index contributed by atoms with van der Waals surface area (Å²) in [7, 11) is -0.806. The molecule has 0 heterocycles. The molecule has 8 nitrogen and oxygen atoms in total. The van der Waals surface area contributed by atoms with Crippen LogP contribution in [-0.2, 0) is 21.4 Å². The molecule has 0 aromatic heterocycles. The average molecular weight is 423 g/mol. The van der Waals surface area contributed by atoms with Gasteiger partial charge in [0.2, 0.25) is 15.9 Å². The first kappa shape index (κ1) is 22.4.